The number of ether oxygens (including phenoxy) is 2. The molecule has 162 valence electrons. The van der Waals surface area contributed by atoms with Crippen molar-refractivity contribution >= 4 is 16.6 Å². The molecule has 0 saturated carbocycles. The number of amidine groups is 1. The van der Waals surface area contributed by atoms with Crippen LogP contribution in [0.1, 0.15) is 24.5 Å². The summed E-state index contributed by atoms with van der Waals surface area (Å²) in [6.07, 6.45) is 1.91. The van der Waals surface area contributed by atoms with Crippen LogP contribution in [0, 0.1) is 0 Å². The van der Waals surface area contributed by atoms with Gasteiger partial charge in [-0.15, -0.1) is 0 Å². The van der Waals surface area contributed by atoms with Crippen LogP contribution in [0.4, 0.5) is 0 Å². The molecule has 0 heterocycles. The molecule has 0 aliphatic heterocycles. The molecule has 0 atom stereocenters. The van der Waals surface area contributed by atoms with Gasteiger partial charge in [-0.25, -0.2) is 0 Å². The molecule has 0 saturated heterocycles. The highest BCUT2D eigenvalue weighted by Crippen LogP contribution is 2.29. The van der Waals surface area contributed by atoms with Crippen LogP contribution < -0.4 is 15.2 Å². The normalized spacial score (nSPS) is 11.5. The maximum absolute atomic E-state index is 8.84. The van der Waals surface area contributed by atoms with Gasteiger partial charge < -0.3 is 20.4 Å². The fraction of sp³-hybridized carbons (Fsp3) is 0.148. The molecule has 0 aromatic heterocycles. The van der Waals surface area contributed by atoms with E-state index in [0.717, 1.165) is 51.8 Å². The summed E-state index contributed by atoms with van der Waals surface area (Å²) in [5.41, 5.74) is 9.60. The van der Waals surface area contributed by atoms with Crippen molar-refractivity contribution in [3.05, 3.63) is 96.1 Å². The van der Waals surface area contributed by atoms with Crippen molar-refractivity contribution in [3.63, 3.8) is 0 Å². The molecule has 5 heteroatoms. The molecule has 0 spiro atoms. The van der Waals surface area contributed by atoms with Crippen LogP contribution in [0.25, 0.3) is 21.9 Å². The van der Waals surface area contributed by atoms with E-state index < -0.39 is 0 Å². The highest BCUT2D eigenvalue weighted by atomic mass is 16.7. The highest BCUT2D eigenvalue weighted by molar-refractivity contribution is 5.97. The molecule has 0 bridgehead atoms. The van der Waals surface area contributed by atoms with E-state index in [1.807, 2.05) is 66.7 Å². The van der Waals surface area contributed by atoms with Gasteiger partial charge in [0.2, 0.25) is 6.79 Å². The van der Waals surface area contributed by atoms with Crippen LogP contribution in [0.2, 0.25) is 0 Å². The minimum atomic E-state index is 0.0955. The van der Waals surface area contributed by atoms with Crippen molar-refractivity contribution in [1.82, 2.24) is 0 Å². The lowest BCUT2D eigenvalue weighted by atomic mass is 9.99. The third kappa shape index (κ3) is 4.67. The van der Waals surface area contributed by atoms with E-state index in [4.69, 9.17) is 20.4 Å². The number of aryl methyl sites for hydroxylation is 1. The lowest BCUT2D eigenvalue weighted by Gasteiger charge is -2.15. The summed E-state index contributed by atoms with van der Waals surface area (Å²) in [5, 5.41) is 14.1. The number of hydrogen-bond acceptors (Lipinski definition) is 4. The first-order valence-corrected chi connectivity index (χ1v) is 10.6. The second-order valence-electron chi connectivity index (χ2n) is 7.52. The van der Waals surface area contributed by atoms with Gasteiger partial charge in [0.1, 0.15) is 11.5 Å². The Labute approximate surface area is 187 Å². The Morgan fingerprint density at radius 1 is 0.844 bits per heavy atom. The summed E-state index contributed by atoms with van der Waals surface area (Å²) in [6, 6.07) is 27.9. The molecule has 0 aliphatic rings. The standard InChI is InChI=1S/C27H26N2O3/c1-2-6-23-17-22(19-11-13-21(14-12-19)27(28)29-30)15-16-25(23)31-18-32-26-10-5-8-20-7-3-4-9-24(20)26/h3-5,7-17,30H,2,6,18H2,1H3,(H2,28,29). The largest absolute Gasteiger partial charge is 0.457 e. The summed E-state index contributed by atoms with van der Waals surface area (Å²) in [6.45, 7) is 2.29. The summed E-state index contributed by atoms with van der Waals surface area (Å²) < 4.78 is 12.0. The molecule has 4 aromatic carbocycles. The maximum Gasteiger partial charge on any atom is 0.230 e. The zero-order chi connectivity index (χ0) is 22.3. The Bertz CT molecular complexity index is 1230. The number of benzene rings is 4. The zero-order valence-electron chi connectivity index (χ0n) is 18.0. The summed E-state index contributed by atoms with van der Waals surface area (Å²) >= 11 is 0. The summed E-state index contributed by atoms with van der Waals surface area (Å²) in [7, 11) is 0. The van der Waals surface area contributed by atoms with Crippen molar-refractivity contribution in [3.8, 4) is 22.6 Å². The molecule has 32 heavy (non-hydrogen) atoms. The SMILES string of the molecule is CCCc1cc(-c2ccc(/C(N)=N\O)cc2)ccc1OCOc1cccc2ccccc12. The first-order valence-electron chi connectivity index (χ1n) is 10.6. The predicted molar refractivity (Wildman–Crippen MR) is 128 cm³/mol. The van der Waals surface area contributed by atoms with E-state index in [-0.39, 0.29) is 12.6 Å². The van der Waals surface area contributed by atoms with Crippen LogP contribution in [0.3, 0.4) is 0 Å². The van der Waals surface area contributed by atoms with E-state index in [0.29, 0.717) is 5.56 Å². The molecule has 0 unspecified atom stereocenters. The van der Waals surface area contributed by atoms with Gasteiger partial charge in [0.15, 0.2) is 5.84 Å². The van der Waals surface area contributed by atoms with Crippen molar-refractivity contribution in [1.29, 1.82) is 0 Å². The maximum atomic E-state index is 8.84. The van der Waals surface area contributed by atoms with Gasteiger partial charge in [0, 0.05) is 10.9 Å². The van der Waals surface area contributed by atoms with Crippen molar-refractivity contribution in [2.24, 2.45) is 10.9 Å². The van der Waals surface area contributed by atoms with Gasteiger partial charge >= 0.3 is 0 Å². The average Bonchev–Trinajstić information content (AvgIpc) is 2.85. The van der Waals surface area contributed by atoms with E-state index in [9.17, 15) is 0 Å². The number of rotatable bonds is 8. The third-order valence-electron chi connectivity index (χ3n) is 5.38. The highest BCUT2D eigenvalue weighted by Gasteiger charge is 2.09. The van der Waals surface area contributed by atoms with Gasteiger partial charge in [-0.3, -0.25) is 0 Å². The number of nitrogens with two attached hydrogens (primary N) is 1. The van der Waals surface area contributed by atoms with Crippen molar-refractivity contribution in [2.75, 3.05) is 6.79 Å². The van der Waals surface area contributed by atoms with Crippen molar-refractivity contribution in [2.45, 2.75) is 19.8 Å². The number of nitrogens with zero attached hydrogens (tertiary/aromatic N) is 1. The van der Waals surface area contributed by atoms with E-state index >= 15 is 0 Å². The van der Waals surface area contributed by atoms with Gasteiger partial charge in [-0.2, -0.15) is 0 Å². The van der Waals surface area contributed by atoms with Crippen LogP contribution in [0.15, 0.2) is 90.1 Å². The molecule has 3 N–H and O–H groups in total. The fourth-order valence-electron chi connectivity index (χ4n) is 3.73. The van der Waals surface area contributed by atoms with E-state index in [2.05, 4.69) is 30.3 Å². The Kier molecular flexibility index (Phi) is 6.56. The molecule has 4 rings (SSSR count). The Morgan fingerprint density at radius 2 is 1.56 bits per heavy atom. The number of hydrogen-bond donors (Lipinski definition) is 2. The Morgan fingerprint density at radius 3 is 2.34 bits per heavy atom. The zero-order valence-corrected chi connectivity index (χ0v) is 18.0. The fourth-order valence-corrected chi connectivity index (χ4v) is 3.73. The second kappa shape index (κ2) is 9.88. The Balaban J connectivity index is 1.50. The third-order valence-corrected chi connectivity index (χ3v) is 5.38. The number of oxime groups is 1. The molecular formula is C27H26N2O3. The lowest BCUT2D eigenvalue weighted by molar-refractivity contribution is 0.120. The van der Waals surface area contributed by atoms with Gasteiger partial charge in [0.25, 0.3) is 0 Å². The average molecular weight is 427 g/mol. The van der Waals surface area contributed by atoms with Crippen LogP contribution in [-0.2, 0) is 6.42 Å². The van der Waals surface area contributed by atoms with E-state index in [1.165, 1.54) is 0 Å². The molecular weight excluding hydrogens is 400 g/mol. The monoisotopic (exact) mass is 426 g/mol. The molecule has 5 nitrogen and oxygen atoms in total. The summed E-state index contributed by atoms with van der Waals surface area (Å²) in [4.78, 5) is 0. The summed E-state index contributed by atoms with van der Waals surface area (Å²) in [5.74, 6) is 1.73. The quantitative estimate of drug-likeness (QED) is 0.120. The molecule has 4 aromatic rings. The molecule has 0 aliphatic carbocycles. The van der Waals surface area contributed by atoms with Gasteiger partial charge in [-0.05, 0) is 46.7 Å². The van der Waals surface area contributed by atoms with E-state index in [1.54, 1.807) is 0 Å². The molecule has 0 fully saturated rings. The molecule has 0 radical (unpaired) electrons. The first-order chi connectivity index (χ1) is 15.7. The van der Waals surface area contributed by atoms with Crippen molar-refractivity contribution < 1.29 is 14.7 Å². The van der Waals surface area contributed by atoms with Crippen LogP contribution >= 0.6 is 0 Å². The minimum Gasteiger partial charge on any atom is -0.457 e. The second-order valence-corrected chi connectivity index (χ2v) is 7.52. The molecule has 0 amide bonds. The lowest BCUT2D eigenvalue weighted by Crippen LogP contribution is -2.12. The van der Waals surface area contributed by atoms with Crippen LogP contribution in [0.5, 0.6) is 11.5 Å². The smallest absolute Gasteiger partial charge is 0.230 e. The van der Waals surface area contributed by atoms with Gasteiger partial charge in [0.05, 0.1) is 0 Å². The minimum absolute atomic E-state index is 0.0955. The van der Waals surface area contributed by atoms with Crippen LogP contribution in [-0.4, -0.2) is 17.8 Å². The van der Waals surface area contributed by atoms with Gasteiger partial charge in [-0.1, -0.05) is 85.2 Å². The Hall–Kier alpha value is -3.99. The predicted octanol–water partition coefficient (Wildman–Crippen LogP) is 5.97. The topological polar surface area (TPSA) is 77.1 Å². The number of fused-ring (bicyclic) bond motifs is 1. The first kappa shape index (κ1) is 21.2.